The fourth-order valence-corrected chi connectivity index (χ4v) is 4.00. The minimum Gasteiger partial charge on any atom is -0.380 e. The van der Waals surface area contributed by atoms with Gasteiger partial charge in [-0.15, -0.1) is 0 Å². The molecular formula is C17H20O6S. The summed E-state index contributed by atoms with van der Waals surface area (Å²) in [5.41, 5.74) is 1.00. The molecule has 1 aliphatic carbocycles. The van der Waals surface area contributed by atoms with Gasteiger partial charge in [0.25, 0.3) is 0 Å². The molecule has 1 aromatic rings. The van der Waals surface area contributed by atoms with E-state index in [1.54, 1.807) is 6.92 Å². The lowest BCUT2D eigenvalue weighted by atomic mass is 9.80. The molecule has 0 atom stereocenters. The van der Waals surface area contributed by atoms with Crippen LogP contribution in [0.2, 0.25) is 0 Å². The molecule has 1 aromatic carbocycles. The quantitative estimate of drug-likeness (QED) is 0.591. The highest BCUT2D eigenvalue weighted by Gasteiger charge is 2.37. The summed E-state index contributed by atoms with van der Waals surface area (Å²) in [6.45, 7) is 1.62. The Morgan fingerprint density at radius 1 is 1.21 bits per heavy atom. The highest BCUT2D eigenvalue weighted by Crippen LogP contribution is 2.28. The average Bonchev–Trinajstić information content (AvgIpc) is 2.47. The maximum Gasteiger partial charge on any atom is 0.181 e. The van der Waals surface area contributed by atoms with Gasteiger partial charge in [0.05, 0.1) is 11.5 Å². The van der Waals surface area contributed by atoms with Crippen LogP contribution in [0.1, 0.15) is 40.7 Å². The van der Waals surface area contributed by atoms with Crippen molar-refractivity contribution in [3.63, 3.8) is 0 Å². The van der Waals surface area contributed by atoms with Crippen LogP contribution in [0, 0.1) is 12.8 Å². The first-order valence-corrected chi connectivity index (χ1v) is 9.48. The van der Waals surface area contributed by atoms with Crippen molar-refractivity contribution in [3.8, 4) is 0 Å². The van der Waals surface area contributed by atoms with Gasteiger partial charge in [-0.25, -0.2) is 8.42 Å². The Morgan fingerprint density at radius 3 is 2.29 bits per heavy atom. The summed E-state index contributed by atoms with van der Waals surface area (Å²) in [6, 6.07) is 2.71. The number of sulfone groups is 1. The summed E-state index contributed by atoms with van der Waals surface area (Å²) < 4.78 is 28.9. The van der Waals surface area contributed by atoms with Gasteiger partial charge in [-0.05, 0) is 36.6 Å². The average molecular weight is 352 g/mol. The zero-order valence-corrected chi connectivity index (χ0v) is 14.7. The minimum atomic E-state index is -3.49. The van der Waals surface area contributed by atoms with Crippen molar-refractivity contribution < 1.29 is 27.5 Å². The van der Waals surface area contributed by atoms with E-state index in [0.717, 1.165) is 6.26 Å². The fourth-order valence-electron chi connectivity index (χ4n) is 3.02. The van der Waals surface area contributed by atoms with Gasteiger partial charge in [0, 0.05) is 31.8 Å². The van der Waals surface area contributed by atoms with Crippen LogP contribution in [0.5, 0.6) is 0 Å². The number of ether oxygens (including phenoxy) is 1. The van der Waals surface area contributed by atoms with Crippen molar-refractivity contribution in [2.45, 2.75) is 37.7 Å². The maximum absolute atomic E-state index is 12.7. The second-order valence-corrected chi connectivity index (χ2v) is 7.99. The second kappa shape index (κ2) is 6.94. The number of Topliss-reactive ketones (excluding diaryl/α,β-unsaturated/α-hetero) is 3. The van der Waals surface area contributed by atoms with Crippen LogP contribution in [0.25, 0.3) is 0 Å². The molecule has 0 aliphatic heterocycles. The summed E-state index contributed by atoms with van der Waals surface area (Å²) in [5.74, 6) is -2.55. The Balaban J connectivity index is 2.55. The first-order chi connectivity index (χ1) is 11.2. The van der Waals surface area contributed by atoms with Crippen molar-refractivity contribution in [1.82, 2.24) is 0 Å². The van der Waals surface area contributed by atoms with Crippen molar-refractivity contribution in [2.75, 3.05) is 13.4 Å². The van der Waals surface area contributed by atoms with E-state index >= 15 is 0 Å². The molecule has 0 unspecified atom stereocenters. The number of methoxy groups -OCH3 is 1. The first-order valence-electron chi connectivity index (χ1n) is 7.59. The minimum absolute atomic E-state index is 0.0158. The van der Waals surface area contributed by atoms with E-state index in [4.69, 9.17) is 4.74 Å². The molecule has 0 saturated heterocycles. The van der Waals surface area contributed by atoms with Crippen molar-refractivity contribution in [1.29, 1.82) is 0 Å². The standard InChI is InChI=1S/C17H20O6S/c1-10-11(17(20)16-13(18)5-4-6-14(16)19)7-8-15(24(3,21)22)12(10)9-23-2/h7-8,16H,4-6,9H2,1-3H3. The van der Waals surface area contributed by atoms with E-state index in [-0.39, 0.29) is 41.5 Å². The topological polar surface area (TPSA) is 94.6 Å². The summed E-state index contributed by atoms with van der Waals surface area (Å²) >= 11 is 0. The molecule has 6 nitrogen and oxygen atoms in total. The highest BCUT2D eigenvalue weighted by atomic mass is 32.2. The van der Waals surface area contributed by atoms with E-state index in [2.05, 4.69) is 0 Å². The largest absolute Gasteiger partial charge is 0.380 e. The highest BCUT2D eigenvalue weighted by molar-refractivity contribution is 7.90. The van der Waals surface area contributed by atoms with Gasteiger partial charge in [0.15, 0.2) is 27.2 Å². The lowest BCUT2D eigenvalue weighted by Crippen LogP contribution is -2.35. The predicted molar refractivity (Wildman–Crippen MR) is 86.7 cm³/mol. The van der Waals surface area contributed by atoms with E-state index in [1.165, 1.54) is 19.2 Å². The molecule has 0 amide bonds. The van der Waals surface area contributed by atoms with E-state index in [1.807, 2.05) is 0 Å². The summed E-state index contributed by atoms with van der Waals surface area (Å²) in [4.78, 5) is 36.8. The number of benzene rings is 1. The van der Waals surface area contributed by atoms with Gasteiger partial charge in [-0.3, -0.25) is 14.4 Å². The van der Waals surface area contributed by atoms with Gasteiger partial charge >= 0.3 is 0 Å². The summed E-state index contributed by atoms with van der Waals surface area (Å²) in [6.07, 6.45) is 1.99. The maximum atomic E-state index is 12.7. The van der Waals surface area contributed by atoms with Gasteiger partial charge in [0.1, 0.15) is 5.92 Å². The molecule has 0 bridgehead atoms. The van der Waals surface area contributed by atoms with E-state index < -0.39 is 21.5 Å². The molecule has 1 aliphatic rings. The van der Waals surface area contributed by atoms with Crippen LogP contribution in [-0.2, 0) is 30.8 Å². The molecule has 130 valence electrons. The zero-order valence-electron chi connectivity index (χ0n) is 13.9. The number of carbonyl (C=O) groups excluding carboxylic acids is 3. The smallest absolute Gasteiger partial charge is 0.181 e. The molecular weight excluding hydrogens is 332 g/mol. The van der Waals surface area contributed by atoms with Gasteiger partial charge in [-0.1, -0.05) is 0 Å². The predicted octanol–water partition coefficient (Wildman–Crippen LogP) is 1.67. The number of hydrogen-bond acceptors (Lipinski definition) is 6. The normalized spacial score (nSPS) is 16.5. The van der Waals surface area contributed by atoms with E-state index in [9.17, 15) is 22.8 Å². The third kappa shape index (κ3) is 3.47. The Labute approximate surface area is 141 Å². The van der Waals surface area contributed by atoms with Gasteiger partial charge in [0.2, 0.25) is 0 Å². The molecule has 0 radical (unpaired) electrons. The molecule has 0 heterocycles. The summed E-state index contributed by atoms with van der Waals surface area (Å²) in [7, 11) is -2.07. The fraction of sp³-hybridized carbons (Fsp3) is 0.471. The number of rotatable bonds is 5. The first kappa shape index (κ1) is 18.5. The third-order valence-electron chi connectivity index (χ3n) is 4.26. The van der Waals surface area contributed by atoms with Crippen LogP contribution in [0.4, 0.5) is 0 Å². The number of ketones is 3. The molecule has 0 spiro atoms. The molecule has 24 heavy (non-hydrogen) atoms. The Morgan fingerprint density at radius 2 is 1.79 bits per heavy atom. The lowest BCUT2D eigenvalue weighted by Gasteiger charge is -2.20. The van der Waals surface area contributed by atoms with Crippen LogP contribution in [0.15, 0.2) is 17.0 Å². The van der Waals surface area contributed by atoms with Crippen molar-refractivity contribution in [2.24, 2.45) is 5.92 Å². The molecule has 1 saturated carbocycles. The van der Waals surface area contributed by atoms with Gasteiger partial charge in [-0.2, -0.15) is 0 Å². The molecule has 0 N–H and O–H groups in total. The second-order valence-electron chi connectivity index (χ2n) is 6.00. The van der Waals surface area contributed by atoms with Crippen LogP contribution in [0.3, 0.4) is 0 Å². The van der Waals surface area contributed by atoms with E-state index in [0.29, 0.717) is 17.5 Å². The summed E-state index contributed by atoms with van der Waals surface area (Å²) in [5, 5.41) is 0. The van der Waals surface area contributed by atoms with Crippen molar-refractivity contribution >= 4 is 27.2 Å². The zero-order chi connectivity index (χ0) is 18.1. The van der Waals surface area contributed by atoms with Crippen molar-refractivity contribution in [3.05, 3.63) is 28.8 Å². The molecule has 1 fully saturated rings. The number of hydrogen-bond donors (Lipinski definition) is 0. The van der Waals surface area contributed by atoms with Crippen LogP contribution < -0.4 is 0 Å². The Hall–Kier alpha value is -1.86. The number of carbonyl (C=O) groups is 3. The van der Waals surface area contributed by atoms with Crippen LogP contribution in [-0.4, -0.2) is 39.1 Å². The molecule has 0 aromatic heterocycles. The molecule has 2 rings (SSSR count). The Bertz CT molecular complexity index is 791. The monoisotopic (exact) mass is 352 g/mol. The SMILES string of the molecule is COCc1c(S(C)(=O)=O)ccc(C(=O)C2C(=O)CCCC2=O)c1C. The lowest BCUT2D eigenvalue weighted by molar-refractivity contribution is -0.133. The molecule has 7 heteroatoms. The van der Waals surface area contributed by atoms with Gasteiger partial charge < -0.3 is 4.74 Å². The third-order valence-corrected chi connectivity index (χ3v) is 5.44. The van der Waals surface area contributed by atoms with Crippen LogP contribution >= 0.6 is 0 Å². The Kier molecular flexibility index (Phi) is 5.35.